The van der Waals surface area contributed by atoms with E-state index < -0.39 is 70.5 Å². The smallest absolute Gasteiger partial charge is 0.338 e. The first-order valence-electron chi connectivity index (χ1n) is 11.9. The Morgan fingerprint density at radius 2 is 1.57 bits per heavy atom. The maximum atomic E-state index is 13.3. The molecule has 35 heavy (non-hydrogen) atoms. The quantitative estimate of drug-likeness (QED) is 0.482. The summed E-state index contributed by atoms with van der Waals surface area (Å²) in [7, 11) is 0. The van der Waals surface area contributed by atoms with Crippen LogP contribution in [-0.4, -0.2) is 69.3 Å². The summed E-state index contributed by atoms with van der Waals surface area (Å²) in [4.78, 5) is 37.7. The van der Waals surface area contributed by atoms with Gasteiger partial charge >= 0.3 is 17.9 Å². The summed E-state index contributed by atoms with van der Waals surface area (Å²) in [6, 6.07) is 8.33. The molecule has 3 fully saturated rings. The maximum absolute atomic E-state index is 13.3. The van der Waals surface area contributed by atoms with Crippen LogP contribution in [0.15, 0.2) is 30.3 Å². The second kappa shape index (κ2) is 8.28. The van der Waals surface area contributed by atoms with Crippen molar-refractivity contribution >= 4 is 17.9 Å². The van der Waals surface area contributed by atoms with Crippen LogP contribution in [0.4, 0.5) is 0 Å². The number of aliphatic hydroxyl groups excluding tert-OH is 1. The molecule has 1 spiro atoms. The van der Waals surface area contributed by atoms with Crippen molar-refractivity contribution < 1.29 is 43.5 Å². The van der Waals surface area contributed by atoms with Crippen molar-refractivity contribution in [2.45, 2.75) is 95.6 Å². The van der Waals surface area contributed by atoms with E-state index in [4.69, 9.17) is 18.9 Å². The molecule has 0 radical (unpaired) electrons. The van der Waals surface area contributed by atoms with Gasteiger partial charge in [-0.1, -0.05) is 18.2 Å². The van der Waals surface area contributed by atoms with Gasteiger partial charge in [0.2, 0.25) is 0 Å². The van der Waals surface area contributed by atoms with Crippen molar-refractivity contribution in [2.75, 3.05) is 0 Å². The standard InChI is InChI=1S/C26H34O9/c1-14(27)32-17-12-13-24(5,31)26-20(29)18(23(3,4)35-26)19(33-15(2)28)21(25(17,26)6)34-22(30)16-10-8-7-9-11-16/h7-11,17-21,29,31H,12-13H2,1-6H3/t17-,18+,19-,20+,21-,24-,25-,26-/m0/s1. The second-order valence-corrected chi connectivity index (χ2v) is 10.9. The van der Waals surface area contributed by atoms with Gasteiger partial charge in [0.05, 0.1) is 34.2 Å². The molecule has 1 aromatic rings. The van der Waals surface area contributed by atoms with Gasteiger partial charge in [-0.05, 0) is 52.7 Å². The van der Waals surface area contributed by atoms with Crippen LogP contribution in [0, 0.1) is 11.3 Å². The average molecular weight is 491 g/mol. The van der Waals surface area contributed by atoms with Crippen LogP contribution < -0.4 is 0 Å². The Kier molecular flexibility index (Phi) is 6.06. The fourth-order valence-corrected chi connectivity index (χ4v) is 6.91. The van der Waals surface area contributed by atoms with Gasteiger partial charge in [-0.2, -0.15) is 0 Å². The minimum Gasteiger partial charge on any atom is -0.462 e. The van der Waals surface area contributed by atoms with Crippen molar-refractivity contribution in [3.8, 4) is 0 Å². The fourth-order valence-electron chi connectivity index (χ4n) is 6.91. The predicted molar refractivity (Wildman–Crippen MR) is 122 cm³/mol. The van der Waals surface area contributed by atoms with Crippen molar-refractivity contribution in [3.63, 3.8) is 0 Å². The number of fused-ring (bicyclic) bond motifs is 1. The van der Waals surface area contributed by atoms with E-state index in [2.05, 4.69) is 0 Å². The van der Waals surface area contributed by atoms with Gasteiger partial charge in [0, 0.05) is 13.8 Å². The number of benzene rings is 1. The van der Waals surface area contributed by atoms with Crippen LogP contribution in [0.2, 0.25) is 0 Å². The van der Waals surface area contributed by atoms with Crippen LogP contribution in [0.1, 0.15) is 64.7 Å². The van der Waals surface area contributed by atoms with Gasteiger partial charge in [0.15, 0.2) is 6.10 Å². The van der Waals surface area contributed by atoms with E-state index in [9.17, 15) is 24.6 Å². The SMILES string of the molecule is CC(=O)O[C@H]1[C@@H]2[C@@H](O)[C@@]3(OC2(C)C)[C@@](C)([C@@H](OC(C)=O)CC[C@]3(C)O)[C@H]1OC(=O)c1ccccc1. The second-order valence-electron chi connectivity index (χ2n) is 10.9. The summed E-state index contributed by atoms with van der Waals surface area (Å²) in [5.74, 6) is -2.72. The van der Waals surface area contributed by atoms with Gasteiger partial charge in [0.25, 0.3) is 0 Å². The number of hydrogen-bond acceptors (Lipinski definition) is 9. The lowest BCUT2D eigenvalue weighted by atomic mass is 9.47. The molecular weight excluding hydrogens is 456 g/mol. The zero-order valence-corrected chi connectivity index (χ0v) is 20.9. The van der Waals surface area contributed by atoms with Crippen molar-refractivity contribution in [1.82, 2.24) is 0 Å². The van der Waals surface area contributed by atoms with E-state index in [0.717, 1.165) is 0 Å². The topological polar surface area (TPSA) is 129 Å². The first-order chi connectivity index (χ1) is 16.2. The number of carbonyl (C=O) groups is 3. The summed E-state index contributed by atoms with van der Waals surface area (Å²) in [6.07, 6.45) is -4.16. The van der Waals surface area contributed by atoms with Crippen molar-refractivity contribution in [3.05, 3.63) is 35.9 Å². The molecule has 2 N–H and O–H groups in total. The first-order valence-corrected chi connectivity index (χ1v) is 11.9. The number of carbonyl (C=O) groups excluding carboxylic acids is 3. The number of ether oxygens (including phenoxy) is 4. The highest BCUT2D eigenvalue weighted by atomic mass is 16.6. The Labute approximate surface area is 204 Å². The molecule has 9 heteroatoms. The lowest BCUT2D eigenvalue weighted by Gasteiger charge is -2.64. The number of rotatable bonds is 4. The normalized spacial score (nSPS) is 41.4. The van der Waals surface area contributed by atoms with Crippen LogP contribution in [-0.2, 0) is 28.5 Å². The lowest BCUT2D eigenvalue weighted by Crippen LogP contribution is -2.81. The third-order valence-electron chi connectivity index (χ3n) is 8.24. The highest BCUT2D eigenvalue weighted by Gasteiger charge is 2.84. The Morgan fingerprint density at radius 1 is 0.971 bits per heavy atom. The highest BCUT2D eigenvalue weighted by Crippen LogP contribution is 2.68. The van der Waals surface area contributed by atoms with E-state index >= 15 is 0 Å². The number of hydrogen-bond donors (Lipinski definition) is 2. The largest absolute Gasteiger partial charge is 0.462 e. The fraction of sp³-hybridized carbons (Fsp3) is 0.654. The van der Waals surface area contributed by atoms with E-state index in [0.29, 0.717) is 0 Å². The minimum absolute atomic E-state index is 0.165. The Hall–Kier alpha value is -2.49. The zero-order valence-electron chi connectivity index (χ0n) is 20.9. The molecule has 192 valence electrons. The Bertz CT molecular complexity index is 1020. The third kappa shape index (κ3) is 3.58. The van der Waals surface area contributed by atoms with Crippen molar-refractivity contribution in [2.24, 2.45) is 11.3 Å². The highest BCUT2D eigenvalue weighted by molar-refractivity contribution is 5.89. The molecule has 0 amide bonds. The summed E-state index contributed by atoms with van der Waals surface area (Å²) in [5, 5.41) is 23.5. The molecule has 1 aliphatic heterocycles. The molecule has 1 aromatic carbocycles. The van der Waals surface area contributed by atoms with Crippen LogP contribution in [0.25, 0.3) is 0 Å². The Morgan fingerprint density at radius 3 is 2.14 bits per heavy atom. The van der Waals surface area contributed by atoms with Crippen LogP contribution in [0.5, 0.6) is 0 Å². The van der Waals surface area contributed by atoms with Crippen LogP contribution >= 0.6 is 0 Å². The first kappa shape index (κ1) is 25.6. The van der Waals surface area contributed by atoms with Gasteiger partial charge in [-0.3, -0.25) is 9.59 Å². The molecule has 9 nitrogen and oxygen atoms in total. The molecular formula is C26H34O9. The lowest BCUT2D eigenvalue weighted by molar-refractivity contribution is -0.335. The van der Waals surface area contributed by atoms with Crippen LogP contribution in [0.3, 0.4) is 0 Å². The predicted octanol–water partition coefficient (Wildman–Crippen LogP) is 2.16. The van der Waals surface area contributed by atoms with E-state index in [-0.39, 0.29) is 18.4 Å². The zero-order chi connectivity index (χ0) is 26.0. The summed E-state index contributed by atoms with van der Waals surface area (Å²) < 4.78 is 24.1. The number of esters is 3. The molecule has 2 bridgehead atoms. The Balaban J connectivity index is 1.95. The molecule has 8 atom stereocenters. The maximum Gasteiger partial charge on any atom is 0.338 e. The third-order valence-corrected chi connectivity index (χ3v) is 8.24. The molecule has 0 unspecified atom stereocenters. The summed E-state index contributed by atoms with van der Waals surface area (Å²) >= 11 is 0. The molecule has 4 rings (SSSR count). The summed E-state index contributed by atoms with van der Waals surface area (Å²) in [5.41, 5.74) is -5.56. The molecule has 1 saturated heterocycles. The van der Waals surface area contributed by atoms with Gasteiger partial charge in [-0.15, -0.1) is 0 Å². The minimum atomic E-state index is -1.69. The average Bonchev–Trinajstić information content (AvgIpc) is 2.94. The molecule has 1 heterocycles. The molecule has 3 aliphatic rings. The molecule has 2 saturated carbocycles. The van der Waals surface area contributed by atoms with E-state index in [1.807, 2.05) is 0 Å². The van der Waals surface area contributed by atoms with Gasteiger partial charge in [-0.25, -0.2) is 4.79 Å². The van der Waals surface area contributed by atoms with Gasteiger partial charge in [0.1, 0.15) is 17.8 Å². The number of aliphatic hydroxyl groups is 2. The van der Waals surface area contributed by atoms with E-state index in [1.54, 1.807) is 58.0 Å². The van der Waals surface area contributed by atoms with Gasteiger partial charge < -0.3 is 29.2 Å². The monoisotopic (exact) mass is 490 g/mol. The molecule has 2 aliphatic carbocycles. The summed E-state index contributed by atoms with van der Waals surface area (Å²) in [6.45, 7) is 9.20. The van der Waals surface area contributed by atoms with Crippen molar-refractivity contribution in [1.29, 1.82) is 0 Å². The molecule has 0 aromatic heterocycles. The van der Waals surface area contributed by atoms with E-state index in [1.165, 1.54) is 13.8 Å².